The molecule has 41 heavy (non-hydrogen) atoms. The molecule has 1 N–H and O–H groups in total. The highest BCUT2D eigenvalue weighted by atomic mass is 19.4. The van der Waals surface area contributed by atoms with E-state index in [1.54, 1.807) is 9.80 Å². The van der Waals surface area contributed by atoms with Gasteiger partial charge < -0.3 is 19.9 Å². The van der Waals surface area contributed by atoms with Gasteiger partial charge in [0.2, 0.25) is 5.91 Å². The highest BCUT2D eigenvalue weighted by molar-refractivity contribution is 5.75. The summed E-state index contributed by atoms with van der Waals surface area (Å²) in [5.41, 5.74) is -2.16. The zero-order valence-corrected chi connectivity index (χ0v) is 22.8. The van der Waals surface area contributed by atoms with Crippen LogP contribution in [0.2, 0.25) is 0 Å². The monoisotopic (exact) mass is 585 g/mol. The van der Waals surface area contributed by atoms with Gasteiger partial charge in [0.1, 0.15) is 0 Å². The first-order chi connectivity index (χ1) is 19.2. The quantitative estimate of drug-likeness (QED) is 0.415. The summed E-state index contributed by atoms with van der Waals surface area (Å²) in [5, 5.41) is 3.04. The molecule has 224 valence electrons. The van der Waals surface area contributed by atoms with Crippen molar-refractivity contribution in [2.75, 3.05) is 26.2 Å². The molecule has 3 atom stereocenters. The maximum Gasteiger partial charge on any atom is 0.416 e. The molecule has 3 amide bonds. The van der Waals surface area contributed by atoms with Gasteiger partial charge in [0.05, 0.1) is 23.3 Å². The maximum absolute atomic E-state index is 13.4. The molecule has 2 heterocycles. The highest BCUT2D eigenvalue weighted by Crippen LogP contribution is 2.39. The fraction of sp³-hybridized carbons (Fsp3) is 0.517. The van der Waals surface area contributed by atoms with Crippen LogP contribution in [0.15, 0.2) is 48.5 Å². The summed E-state index contributed by atoms with van der Waals surface area (Å²) in [4.78, 5) is 28.1. The number of urea groups is 1. The minimum atomic E-state index is -4.95. The van der Waals surface area contributed by atoms with E-state index in [0.29, 0.717) is 51.0 Å². The van der Waals surface area contributed by atoms with Gasteiger partial charge in [0, 0.05) is 45.1 Å². The molecule has 2 aliphatic heterocycles. The minimum absolute atomic E-state index is 0.00320. The van der Waals surface area contributed by atoms with Crippen LogP contribution in [0.25, 0.3) is 0 Å². The zero-order valence-electron chi connectivity index (χ0n) is 22.8. The molecule has 2 saturated heterocycles. The number of benzene rings is 2. The van der Waals surface area contributed by atoms with Gasteiger partial charge in [0.25, 0.3) is 0 Å². The molecule has 12 heteroatoms. The van der Waals surface area contributed by atoms with E-state index in [2.05, 4.69) is 5.32 Å². The Morgan fingerprint density at radius 2 is 1.44 bits per heavy atom. The Balaban J connectivity index is 1.49. The molecule has 6 nitrogen and oxygen atoms in total. The summed E-state index contributed by atoms with van der Waals surface area (Å²) >= 11 is 0. The van der Waals surface area contributed by atoms with E-state index in [9.17, 15) is 35.9 Å². The second kappa shape index (κ2) is 12.3. The molecule has 0 radical (unpaired) electrons. The van der Waals surface area contributed by atoms with Gasteiger partial charge in [-0.15, -0.1) is 0 Å². The Hall–Kier alpha value is -3.28. The average Bonchev–Trinajstić information content (AvgIpc) is 2.92. The highest BCUT2D eigenvalue weighted by Gasteiger charge is 2.39. The number of likely N-dealkylation sites (tertiary alicyclic amines) is 2. The number of carbonyl (C=O) groups is 2. The molecule has 2 aliphatic rings. The Morgan fingerprint density at radius 3 is 1.98 bits per heavy atom. The summed E-state index contributed by atoms with van der Waals surface area (Å²) in [6.07, 6.45) is -9.91. The molecule has 0 spiro atoms. The number of alkyl halides is 6. The standard InChI is InChI=1S/C29H33F6N3O3/c1-18(21-14-22(28(30,31)32)16-23(15-21)29(33,34)35)41-26-10-13-38(17-25(26)20-6-4-3-5-7-20)27(40)36-24-8-11-37(12-9-24)19(2)39/h3-7,14-16,18,24-26H,8-13,17H2,1-2H3,(H,36,40)/t18-,25+,26+/m1/s1. The molecular weight excluding hydrogens is 552 g/mol. The number of hydrogen-bond donors (Lipinski definition) is 1. The van der Waals surface area contributed by atoms with Crippen LogP contribution in [0, 0.1) is 0 Å². The van der Waals surface area contributed by atoms with Crippen molar-refractivity contribution in [3.05, 3.63) is 70.8 Å². The van der Waals surface area contributed by atoms with Gasteiger partial charge in [-0.25, -0.2) is 4.79 Å². The predicted octanol–water partition coefficient (Wildman–Crippen LogP) is 6.38. The number of nitrogens with one attached hydrogen (secondary N) is 1. The second-order valence-electron chi connectivity index (χ2n) is 10.6. The van der Waals surface area contributed by atoms with E-state index in [4.69, 9.17) is 4.74 Å². The minimum Gasteiger partial charge on any atom is -0.370 e. The SMILES string of the molecule is CC(=O)N1CCC(NC(=O)N2CC[C@H](O[C@H](C)c3cc(C(F)(F)F)cc(C(F)(F)F)c3)[C@H](c3ccccc3)C2)CC1. The van der Waals surface area contributed by atoms with Crippen molar-refractivity contribution in [3.8, 4) is 0 Å². The fourth-order valence-corrected chi connectivity index (χ4v) is 5.46. The maximum atomic E-state index is 13.4. The third-order valence-electron chi connectivity index (χ3n) is 7.79. The van der Waals surface area contributed by atoms with Crippen LogP contribution in [-0.4, -0.2) is 60.1 Å². The van der Waals surface area contributed by atoms with E-state index in [-0.39, 0.29) is 42.1 Å². The molecule has 0 saturated carbocycles. The molecule has 2 fully saturated rings. The number of carbonyl (C=O) groups excluding carboxylic acids is 2. The van der Waals surface area contributed by atoms with Gasteiger partial charge in [-0.05, 0) is 55.5 Å². The second-order valence-corrected chi connectivity index (χ2v) is 10.6. The summed E-state index contributed by atoms with van der Waals surface area (Å²) in [6.45, 7) is 4.63. The molecule has 2 aromatic carbocycles. The van der Waals surface area contributed by atoms with E-state index >= 15 is 0 Å². The van der Waals surface area contributed by atoms with Crippen LogP contribution < -0.4 is 5.32 Å². The van der Waals surface area contributed by atoms with E-state index in [1.165, 1.54) is 13.8 Å². The number of amides is 3. The lowest BCUT2D eigenvalue weighted by molar-refractivity contribution is -0.143. The zero-order chi connectivity index (χ0) is 29.9. The smallest absolute Gasteiger partial charge is 0.370 e. The van der Waals surface area contributed by atoms with Crippen molar-refractivity contribution in [3.63, 3.8) is 0 Å². The molecule has 4 rings (SSSR count). The summed E-state index contributed by atoms with van der Waals surface area (Å²) in [6, 6.07) is 10.3. The van der Waals surface area contributed by atoms with Crippen LogP contribution in [0.5, 0.6) is 0 Å². The van der Waals surface area contributed by atoms with Crippen LogP contribution >= 0.6 is 0 Å². The lowest BCUT2D eigenvalue weighted by Crippen LogP contribution is -2.53. The number of piperidine rings is 2. The molecule has 2 aromatic rings. The first-order valence-electron chi connectivity index (χ1n) is 13.5. The third-order valence-corrected chi connectivity index (χ3v) is 7.79. The molecule has 0 bridgehead atoms. The molecule has 0 unspecified atom stereocenters. The molecule has 0 aromatic heterocycles. The predicted molar refractivity (Wildman–Crippen MR) is 139 cm³/mol. The van der Waals surface area contributed by atoms with Crippen LogP contribution in [-0.2, 0) is 21.9 Å². The van der Waals surface area contributed by atoms with Gasteiger partial charge in [-0.3, -0.25) is 4.79 Å². The summed E-state index contributed by atoms with van der Waals surface area (Å²) in [7, 11) is 0. The number of ether oxygens (including phenoxy) is 1. The van der Waals surface area contributed by atoms with E-state index in [1.807, 2.05) is 30.3 Å². The van der Waals surface area contributed by atoms with Crippen LogP contribution in [0.1, 0.15) is 67.4 Å². The van der Waals surface area contributed by atoms with Crippen molar-refractivity contribution in [1.29, 1.82) is 0 Å². The van der Waals surface area contributed by atoms with Gasteiger partial charge >= 0.3 is 18.4 Å². The van der Waals surface area contributed by atoms with Gasteiger partial charge in [-0.1, -0.05) is 30.3 Å². The van der Waals surface area contributed by atoms with Crippen molar-refractivity contribution in [2.24, 2.45) is 0 Å². The summed E-state index contributed by atoms with van der Waals surface area (Å²) < 4.78 is 86.6. The van der Waals surface area contributed by atoms with Gasteiger partial charge in [0.15, 0.2) is 0 Å². The van der Waals surface area contributed by atoms with Crippen LogP contribution in [0.4, 0.5) is 31.1 Å². The fourth-order valence-electron chi connectivity index (χ4n) is 5.46. The molecular formula is C29H33F6N3O3. The van der Waals surface area contributed by atoms with Crippen molar-refractivity contribution < 1.29 is 40.7 Å². The van der Waals surface area contributed by atoms with Crippen molar-refractivity contribution in [1.82, 2.24) is 15.1 Å². The van der Waals surface area contributed by atoms with Crippen LogP contribution in [0.3, 0.4) is 0 Å². The largest absolute Gasteiger partial charge is 0.416 e. The number of rotatable bonds is 5. The Kier molecular flexibility index (Phi) is 9.20. The number of halogens is 6. The summed E-state index contributed by atoms with van der Waals surface area (Å²) in [5.74, 6) is -0.359. The number of nitrogens with zero attached hydrogens (tertiary/aromatic N) is 2. The van der Waals surface area contributed by atoms with E-state index < -0.39 is 35.7 Å². The molecule has 0 aliphatic carbocycles. The van der Waals surface area contributed by atoms with E-state index in [0.717, 1.165) is 5.56 Å². The lowest BCUT2D eigenvalue weighted by Gasteiger charge is -2.41. The Bertz CT molecular complexity index is 1180. The lowest BCUT2D eigenvalue weighted by atomic mass is 9.87. The van der Waals surface area contributed by atoms with Crippen molar-refractivity contribution >= 4 is 11.9 Å². The topological polar surface area (TPSA) is 61.9 Å². The Morgan fingerprint density at radius 1 is 0.878 bits per heavy atom. The Labute approximate surface area is 234 Å². The van der Waals surface area contributed by atoms with Crippen molar-refractivity contribution in [2.45, 2.75) is 69.6 Å². The third kappa shape index (κ3) is 7.72. The normalized spacial score (nSPS) is 21.5. The van der Waals surface area contributed by atoms with Gasteiger partial charge in [-0.2, -0.15) is 26.3 Å². The first-order valence-corrected chi connectivity index (χ1v) is 13.5. The average molecular weight is 586 g/mol. The first kappa shape index (κ1) is 30.7. The number of hydrogen-bond acceptors (Lipinski definition) is 3.